The lowest BCUT2D eigenvalue weighted by molar-refractivity contribution is 0.564. The summed E-state index contributed by atoms with van der Waals surface area (Å²) in [6.45, 7) is 9.95. The van der Waals surface area contributed by atoms with Crippen molar-refractivity contribution < 1.29 is 0 Å². The van der Waals surface area contributed by atoms with E-state index in [2.05, 4.69) is 66.1 Å². The van der Waals surface area contributed by atoms with Crippen LogP contribution in [0.5, 0.6) is 0 Å². The van der Waals surface area contributed by atoms with Crippen molar-refractivity contribution in [3.63, 3.8) is 0 Å². The number of hydrogen-bond donors (Lipinski definition) is 1. The lowest BCUT2D eigenvalue weighted by Crippen LogP contribution is -2.34. The second-order valence-corrected chi connectivity index (χ2v) is 8.11. The van der Waals surface area contributed by atoms with E-state index in [9.17, 15) is 0 Å². The number of aromatic nitrogens is 1. The summed E-state index contributed by atoms with van der Waals surface area (Å²) in [6, 6.07) is 4.64. The number of hydrogen-bond acceptors (Lipinski definition) is 3. The molecule has 0 bridgehead atoms. The summed E-state index contributed by atoms with van der Waals surface area (Å²) >= 11 is 5.42. The van der Waals surface area contributed by atoms with Gasteiger partial charge in [0, 0.05) is 39.3 Å². The normalized spacial score (nSPS) is 13.6. The molecule has 0 saturated carbocycles. The Morgan fingerprint density at radius 2 is 2.11 bits per heavy atom. The minimum Gasteiger partial charge on any atom is -0.313 e. The fraction of sp³-hybridized carbons (Fsp3) is 0.643. The SMILES string of the molecule is CCNC(CSC(C)(C)C)Cc1ccc(Br)cn1. The van der Waals surface area contributed by atoms with E-state index in [4.69, 9.17) is 0 Å². The number of nitrogens with zero attached hydrogens (tertiary/aromatic N) is 1. The van der Waals surface area contributed by atoms with Gasteiger partial charge in [0.05, 0.1) is 0 Å². The maximum Gasteiger partial charge on any atom is 0.0420 e. The van der Waals surface area contributed by atoms with Crippen LogP contribution in [0.2, 0.25) is 0 Å². The molecule has 18 heavy (non-hydrogen) atoms. The summed E-state index contributed by atoms with van der Waals surface area (Å²) in [5.41, 5.74) is 1.15. The minimum absolute atomic E-state index is 0.320. The zero-order valence-corrected chi connectivity index (χ0v) is 14.1. The highest BCUT2D eigenvalue weighted by Crippen LogP contribution is 2.24. The van der Waals surface area contributed by atoms with Crippen LogP contribution in [0, 0.1) is 0 Å². The van der Waals surface area contributed by atoms with Gasteiger partial charge in [0.2, 0.25) is 0 Å². The highest BCUT2D eigenvalue weighted by atomic mass is 79.9. The smallest absolute Gasteiger partial charge is 0.0420 e. The van der Waals surface area contributed by atoms with Gasteiger partial charge in [0.15, 0.2) is 0 Å². The standard InChI is InChI=1S/C14H23BrN2S/c1-5-16-13(10-18-14(2,3)4)8-12-7-6-11(15)9-17-12/h6-7,9,13,16H,5,8,10H2,1-4H3. The second kappa shape index (κ2) is 7.51. The summed E-state index contributed by atoms with van der Waals surface area (Å²) in [7, 11) is 0. The molecule has 102 valence electrons. The molecule has 0 aliphatic carbocycles. The molecule has 1 heterocycles. The molecule has 0 aromatic carbocycles. The average Bonchev–Trinajstić information content (AvgIpc) is 2.28. The van der Waals surface area contributed by atoms with E-state index in [1.54, 1.807) is 0 Å². The van der Waals surface area contributed by atoms with Crippen LogP contribution in [-0.2, 0) is 6.42 Å². The van der Waals surface area contributed by atoms with Crippen molar-refractivity contribution in [3.8, 4) is 0 Å². The van der Waals surface area contributed by atoms with E-state index in [-0.39, 0.29) is 0 Å². The molecule has 0 saturated heterocycles. The first-order valence-corrected chi connectivity index (χ1v) is 8.16. The van der Waals surface area contributed by atoms with E-state index in [0.717, 1.165) is 28.9 Å². The largest absolute Gasteiger partial charge is 0.313 e. The molecule has 0 fully saturated rings. The molecule has 2 nitrogen and oxygen atoms in total. The zero-order chi connectivity index (χ0) is 13.6. The number of rotatable bonds is 6. The average molecular weight is 331 g/mol. The van der Waals surface area contributed by atoms with Crippen molar-refractivity contribution in [2.75, 3.05) is 12.3 Å². The Bertz CT molecular complexity index is 346. The predicted molar refractivity (Wildman–Crippen MR) is 85.3 cm³/mol. The van der Waals surface area contributed by atoms with Gasteiger partial charge in [0.25, 0.3) is 0 Å². The molecule has 4 heteroatoms. The topological polar surface area (TPSA) is 24.9 Å². The summed E-state index contributed by atoms with van der Waals surface area (Å²) in [5.74, 6) is 1.12. The summed E-state index contributed by atoms with van der Waals surface area (Å²) in [6.07, 6.45) is 2.86. The fourth-order valence-electron chi connectivity index (χ4n) is 1.61. The summed E-state index contributed by atoms with van der Waals surface area (Å²) in [5, 5.41) is 3.55. The molecule has 0 aliphatic rings. The number of thioether (sulfide) groups is 1. The van der Waals surface area contributed by atoms with Crippen molar-refractivity contribution in [1.82, 2.24) is 10.3 Å². The quantitative estimate of drug-likeness (QED) is 0.856. The number of likely N-dealkylation sites (N-methyl/N-ethyl adjacent to an activating group) is 1. The van der Waals surface area contributed by atoms with Gasteiger partial charge in [-0.15, -0.1) is 0 Å². The van der Waals surface area contributed by atoms with E-state index in [1.807, 2.05) is 18.0 Å². The Balaban J connectivity index is 2.54. The van der Waals surface area contributed by atoms with Crippen LogP contribution >= 0.6 is 27.7 Å². The molecule has 0 aliphatic heterocycles. The molecule has 1 atom stereocenters. The van der Waals surface area contributed by atoms with Crippen LogP contribution in [0.1, 0.15) is 33.4 Å². The monoisotopic (exact) mass is 330 g/mol. The number of halogens is 1. The first kappa shape index (κ1) is 16.0. The molecule has 1 rings (SSSR count). The van der Waals surface area contributed by atoms with Gasteiger partial charge in [0.1, 0.15) is 0 Å². The van der Waals surface area contributed by atoms with Gasteiger partial charge >= 0.3 is 0 Å². The third kappa shape index (κ3) is 6.76. The fourth-order valence-corrected chi connectivity index (χ4v) is 2.78. The Morgan fingerprint density at radius 1 is 1.39 bits per heavy atom. The van der Waals surface area contributed by atoms with Crippen LogP contribution in [-0.4, -0.2) is 28.1 Å². The van der Waals surface area contributed by atoms with E-state index < -0.39 is 0 Å². The van der Waals surface area contributed by atoms with Gasteiger partial charge in [-0.2, -0.15) is 11.8 Å². The van der Waals surface area contributed by atoms with Gasteiger partial charge in [-0.05, 0) is 34.6 Å². The summed E-state index contributed by atoms with van der Waals surface area (Å²) < 4.78 is 1.36. The summed E-state index contributed by atoms with van der Waals surface area (Å²) in [4.78, 5) is 4.45. The van der Waals surface area contributed by atoms with Crippen molar-refractivity contribution in [1.29, 1.82) is 0 Å². The molecule has 1 unspecified atom stereocenters. The Labute approximate surface area is 123 Å². The van der Waals surface area contributed by atoms with Crippen LogP contribution < -0.4 is 5.32 Å². The molecule has 0 amide bonds. The van der Waals surface area contributed by atoms with E-state index in [0.29, 0.717) is 10.8 Å². The Hall–Kier alpha value is -0.0600. The van der Waals surface area contributed by atoms with Crippen molar-refractivity contribution >= 4 is 27.7 Å². The highest BCUT2D eigenvalue weighted by molar-refractivity contribution is 9.10. The van der Waals surface area contributed by atoms with E-state index >= 15 is 0 Å². The van der Waals surface area contributed by atoms with E-state index in [1.165, 1.54) is 0 Å². The Kier molecular flexibility index (Phi) is 6.67. The van der Waals surface area contributed by atoms with Crippen molar-refractivity contribution in [2.45, 2.75) is 44.9 Å². The van der Waals surface area contributed by atoms with Crippen molar-refractivity contribution in [2.24, 2.45) is 0 Å². The van der Waals surface area contributed by atoms with Crippen LogP contribution in [0.25, 0.3) is 0 Å². The number of nitrogens with one attached hydrogen (secondary N) is 1. The Morgan fingerprint density at radius 3 is 2.61 bits per heavy atom. The van der Waals surface area contributed by atoms with Gasteiger partial charge in [-0.3, -0.25) is 4.98 Å². The second-order valence-electron chi connectivity index (χ2n) is 5.35. The molecule has 1 aromatic rings. The van der Waals surface area contributed by atoms with Gasteiger partial charge < -0.3 is 5.32 Å². The first-order valence-electron chi connectivity index (χ1n) is 6.38. The maximum absolute atomic E-state index is 4.45. The van der Waals surface area contributed by atoms with Crippen molar-refractivity contribution in [3.05, 3.63) is 28.5 Å². The molecule has 1 N–H and O–H groups in total. The molecular formula is C14H23BrN2S. The predicted octanol–water partition coefficient (Wildman–Crippen LogP) is 3.90. The number of pyridine rings is 1. The van der Waals surface area contributed by atoms with Gasteiger partial charge in [-0.1, -0.05) is 27.7 Å². The van der Waals surface area contributed by atoms with Crippen LogP contribution in [0.3, 0.4) is 0 Å². The third-order valence-electron chi connectivity index (χ3n) is 2.45. The molecule has 0 spiro atoms. The first-order chi connectivity index (χ1) is 8.40. The van der Waals surface area contributed by atoms with Crippen LogP contribution in [0.15, 0.2) is 22.8 Å². The lowest BCUT2D eigenvalue weighted by Gasteiger charge is -2.23. The third-order valence-corrected chi connectivity index (χ3v) is 4.36. The van der Waals surface area contributed by atoms with Gasteiger partial charge in [-0.25, -0.2) is 0 Å². The molecule has 1 aromatic heterocycles. The highest BCUT2D eigenvalue weighted by Gasteiger charge is 2.15. The molecular weight excluding hydrogens is 308 g/mol. The maximum atomic E-state index is 4.45. The zero-order valence-electron chi connectivity index (χ0n) is 11.7. The van der Waals surface area contributed by atoms with Crippen LogP contribution in [0.4, 0.5) is 0 Å². The minimum atomic E-state index is 0.320. The lowest BCUT2D eigenvalue weighted by atomic mass is 10.1. The molecule has 0 radical (unpaired) electrons.